The molecule has 1 saturated heterocycles. The van der Waals surface area contributed by atoms with E-state index in [2.05, 4.69) is 5.32 Å². The van der Waals surface area contributed by atoms with E-state index >= 15 is 0 Å². The third-order valence-electron chi connectivity index (χ3n) is 5.03. The smallest absolute Gasteiger partial charge is 0.228 e. The van der Waals surface area contributed by atoms with Gasteiger partial charge in [-0.05, 0) is 55.5 Å². The van der Waals surface area contributed by atoms with Gasteiger partial charge in [0, 0.05) is 18.8 Å². The molecule has 2 aromatic carbocycles. The number of carbonyl (C=O) groups excluding carboxylic acids is 1. The molecule has 0 aromatic heterocycles. The van der Waals surface area contributed by atoms with Crippen LogP contribution in [-0.2, 0) is 20.6 Å². The summed E-state index contributed by atoms with van der Waals surface area (Å²) in [4.78, 5) is 12.6. The average molecular weight is 387 g/mol. The van der Waals surface area contributed by atoms with Crippen LogP contribution in [0.2, 0.25) is 0 Å². The summed E-state index contributed by atoms with van der Waals surface area (Å²) in [5.74, 6) is -0.464. The van der Waals surface area contributed by atoms with Crippen molar-refractivity contribution in [1.82, 2.24) is 4.31 Å². The molecule has 0 saturated carbocycles. The maximum absolute atomic E-state index is 12.9. The van der Waals surface area contributed by atoms with Crippen LogP contribution in [0.3, 0.4) is 0 Å². The predicted molar refractivity (Wildman–Crippen MR) is 108 cm³/mol. The number of aryl methyl sites for hydroxylation is 2. The molecular formula is C21H26N2O3S. The van der Waals surface area contributed by atoms with E-state index in [1.165, 1.54) is 4.31 Å². The number of hydrogen-bond acceptors (Lipinski definition) is 3. The number of anilines is 1. The van der Waals surface area contributed by atoms with Crippen LogP contribution in [0.25, 0.3) is 0 Å². The molecule has 144 valence electrons. The normalized spacial score (nSPS) is 18.2. The lowest BCUT2D eigenvalue weighted by molar-refractivity contribution is -0.120. The Morgan fingerprint density at radius 3 is 2.67 bits per heavy atom. The van der Waals surface area contributed by atoms with Gasteiger partial charge in [0.15, 0.2) is 0 Å². The molecule has 27 heavy (non-hydrogen) atoms. The number of piperidine rings is 1. The molecule has 0 aliphatic carbocycles. The minimum absolute atomic E-state index is 0.0219. The first-order chi connectivity index (χ1) is 12.8. The first-order valence-corrected chi connectivity index (χ1v) is 10.9. The first-order valence-electron chi connectivity index (χ1n) is 9.25. The van der Waals surface area contributed by atoms with Gasteiger partial charge in [-0.3, -0.25) is 4.79 Å². The van der Waals surface area contributed by atoms with Crippen LogP contribution < -0.4 is 5.32 Å². The molecule has 1 amide bonds. The fraction of sp³-hybridized carbons (Fsp3) is 0.381. The van der Waals surface area contributed by atoms with Crippen LogP contribution in [-0.4, -0.2) is 31.7 Å². The molecule has 1 aliphatic heterocycles. The number of nitrogens with one attached hydrogen (secondary N) is 1. The van der Waals surface area contributed by atoms with Crippen LogP contribution in [0.15, 0.2) is 48.5 Å². The molecule has 2 aromatic rings. The van der Waals surface area contributed by atoms with Crippen LogP contribution >= 0.6 is 0 Å². The third-order valence-corrected chi connectivity index (χ3v) is 6.83. The summed E-state index contributed by atoms with van der Waals surface area (Å²) in [7, 11) is -3.45. The number of amides is 1. The second-order valence-electron chi connectivity index (χ2n) is 7.24. The quantitative estimate of drug-likeness (QED) is 0.855. The molecule has 1 fully saturated rings. The Balaban J connectivity index is 1.68. The molecular weight excluding hydrogens is 360 g/mol. The van der Waals surface area contributed by atoms with Crippen LogP contribution in [0.5, 0.6) is 0 Å². The molecule has 6 heteroatoms. The van der Waals surface area contributed by atoms with Crippen molar-refractivity contribution in [3.8, 4) is 0 Å². The summed E-state index contributed by atoms with van der Waals surface area (Å²) in [6.45, 7) is 4.60. The van der Waals surface area contributed by atoms with Gasteiger partial charge < -0.3 is 5.32 Å². The Hall–Kier alpha value is -2.18. The SMILES string of the molecule is Cc1cccc(NC(=O)[C@H]2CCCN(S(=O)(=O)Cc3ccccc3C)C2)c1. The minimum Gasteiger partial charge on any atom is -0.326 e. The van der Waals surface area contributed by atoms with Gasteiger partial charge in [0.05, 0.1) is 11.7 Å². The number of nitrogens with zero attached hydrogens (tertiary/aromatic N) is 1. The highest BCUT2D eigenvalue weighted by Crippen LogP contribution is 2.24. The number of rotatable bonds is 5. The van der Waals surface area contributed by atoms with E-state index in [0.717, 1.165) is 22.4 Å². The maximum atomic E-state index is 12.9. The Morgan fingerprint density at radius 2 is 1.93 bits per heavy atom. The zero-order valence-electron chi connectivity index (χ0n) is 15.8. The van der Waals surface area contributed by atoms with Crippen LogP contribution in [0.4, 0.5) is 5.69 Å². The topological polar surface area (TPSA) is 66.5 Å². The summed E-state index contributed by atoms with van der Waals surface area (Å²) < 4.78 is 27.2. The lowest BCUT2D eigenvalue weighted by Crippen LogP contribution is -2.44. The Labute approximate surface area is 161 Å². The first kappa shape index (κ1) is 19.6. The summed E-state index contributed by atoms with van der Waals surface area (Å²) in [5, 5.41) is 2.92. The van der Waals surface area contributed by atoms with Crippen molar-refractivity contribution >= 4 is 21.6 Å². The molecule has 1 N–H and O–H groups in total. The van der Waals surface area contributed by atoms with Gasteiger partial charge in [-0.1, -0.05) is 36.4 Å². The van der Waals surface area contributed by atoms with Gasteiger partial charge in [0.25, 0.3) is 0 Å². The second-order valence-corrected chi connectivity index (χ2v) is 9.21. The van der Waals surface area contributed by atoms with Gasteiger partial charge in [-0.2, -0.15) is 0 Å². The van der Waals surface area contributed by atoms with E-state index in [1.807, 2.05) is 62.4 Å². The van der Waals surface area contributed by atoms with Gasteiger partial charge in [0.1, 0.15) is 0 Å². The summed E-state index contributed by atoms with van der Waals surface area (Å²) in [5.41, 5.74) is 3.59. The second kappa shape index (κ2) is 8.23. The van der Waals surface area contributed by atoms with Crippen LogP contribution in [0, 0.1) is 19.8 Å². The Morgan fingerprint density at radius 1 is 1.15 bits per heavy atom. The zero-order chi connectivity index (χ0) is 19.4. The monoisotopic (exact) mass is 386 g/mol. The van der Waals surface area contributed by atoms with E-state index in [-0.39, 0.29) is 24.1 Å². The predicted octanol–water partition coefficient (Wildman–Crippen LogP) is 3.48. The number of sulfonamides is 1. The van der Waals surface area contributed by atoms with Crippen molar-refractivity contribution in [2.75, 3.05) is 18.4 Å². The number of carbonyl (C=O) groups is 1. The van der Waals surface area contributed by atoms with Crippen molar-refractivity contribution in [1.29, 1.82) is 0 Å². The molecule has 5 nitrogen and oxygen atoms in total. The van der Waals surface area contributed by atoms with Crippen molar-refractivity contribution < 1.29 is 13.2 Å². The molecule has 1 heterocycles. The highest BCUT2D eigenvalue weighted by molar-refractivity contribution is 7.88. The van der Waals surface area contributed by atoms with Gasteiger partial charge in [-0.25, -0.2) is 12.7 Å². The summed E-state index contributed by atoms with van der Waals surface area (Å²) in [6, 6.07) is 15.1. The molecule has 0 spiro atoms. The third kappa shape index (κ3) is 4.96. The Kier molecular flexibility index (Phi) is 5.97. The van der Waals surface area contributed by atoms with E-state index in [4.69, 9.17) is 0 Å². The lowest BCUT2D eigenvalue weighted by atomic mass is 9.98. The highest BCUT2D eigenvalue weighted by Gasteiger charge is 2.32. The van der Waals surface area contributed by atoms with Crippen molar-refractivity contribution in [3.63, 3.8) is 0 Å². The van der Waals surface area contributed by atoms with Gasteiger partial charge >= 0.3 is 0 Å². The zero-order valence-corrected chi connectivity index (χ0v) is 16.6. The van der Waals surface area contributed by atoms with Crippen molar-refractivity contribution in [2.24, 2.45) is 5.92 Å². The van der Waals surface area contributed by atoms with E-state index in [1.54, 1.807) is 0 Å². The van der Waals surface area contributed by atoms with E-state index in [9.17, 15) is 13.2 Å². The molecule has 3 rings (SSSR count). The highest BCUT2D eigenvalue weighted by atomic mass is 32.2. The minimum atomic E-state index is -3.45. The van der Waals surface area contributed by atoms with Crippen LogP contribution in [0.1, 0.15) is 29.5 Å². The van der Waals surface area contributed by atoms with Gasteiger partial charge in [0.2, 0.25) is 15.9 Å². The molecule has 1 atom stereocenters. The molecule has 1 aliphatic rings. The maximum Gasteiger partial charge on any atom is 0.228 e. The number of hydrogen-bond donors (Lipinski definition) is 1. The molecule has 0 unspecified atom stereocenters. The molecule has 0 radical (unpaired) electrons. The lowest BCUT2D eigenvalue weighted by Gasteiger charge is -2.31. The summed E-state index contributed by atoms with van der Waals surface area (Å²) >= 11 is 0. The standard InChI is InChI=1S/C21H26N2O3S/c1-16-7-5-11-20(13-16)22-21(24)18-10-6-12-23(14-18)27(25,26)15-19-9-4-3-8-17(19)2/h3-5,7-9,11,13,18H,6,10,12,14-15H2,1-2H3,(H,22,24)/t18-/m0/s1. The fourth-order valence-corrected chi connectivity index (χ4v) is 5.15. The van der Waals surface area contributed by atoms with Crippen molar-refractivity contribution in [3.05, 3.63) is 65.2 Å². The van der Waals surface area contributed by atoms with E-state index < -0.39 is 10.0 Å². The molecule has 0 bridgehead atoms. The van der Waals surface area contributed by atoms with E-state index in [0.29, 0.717) is 19.4 Å². The summed E-state index contributed by atoms with van der Waals surface area (Å²) in [6.07, 6.45) is 1.40. The number of benzene rings is 2. The van der Waals surface area contributed by atoms with Crippen molar-refractivity contribution in [2.45, 2.75) is 32.4 Å². The average Bonchev–Trinajstić information content (AvgIpc) is 2.64. The van der Waals surface area contributed by atoms with Gasteiger partial charge in [-0.15, -0.1) is 0 Å². The fourth-order valence-electron chi connectivity index (χ4n) is 3.44. The largest absolute Gasteiger partial charge is 0.326 e. The Bertz CT molecular complexity index is 925.